The number of thiol groups is 1. The minimum absolute atomic E-state index is 0.130. The second kappa shape index (κ2) is 5.45. The summed E-state index contributed by atoms with van der Waals surface area (Å²) in [4.78, 5) is 3.95. The summed E-state index contributed by atoms with van der Waals surface area (Å²) in [6, 6.07) is 0. The van der Waals surface area contributed by atoms with Crippen LogP contribution < -0.4 is 4.72 Å². The van der Waals surface area contributed by atoms with Crippen molar-refractivity contribution in [2.24, 2.45) is 0 Å². The molecule has 0 fully saturated rings. The van der Waals surface area contributed by atoms with Gasteiger partial charge in [-0.2, -0.15) is 0 Å². The highest BCUT2D eigenvalue weighted by atomic mass is 33.1. The van der Waals surface area contributed by atoms with Crippen LogP contribution in [0.25, 0.3) is 0 Å². The third kappa shape index (κ3) is 2.54. The molecule has 78 valence electrons. The van der Waals surface area contributed by atoms with Crippen LogP contribution in [0.3, 0.4) is 0 Å². The van der Waals surface area contributed by atoms with Crippen LogP contribution in [0.15, 0.2) is 6.20 Å². The molecule has 0 atom stereocenters. The predicted molar refractivity (Wildman–Crippen MR) is 60.0 cm³/mol. The maximum atomic E-state index is 9.69. The first kappa shape index (κ1) is 11.6. The molecule has 4 nitrogen and oxygen atoms in total. The molecule has 0 amide bonds. The third-order valence-corrected chi connectivity index (χ3v) is 2.57. The molecule has 1 aromatic rings. The SMILES string of the molecule is Cc1ncc(CO)c(CNSS)c1O. The zero-order valence-corrected chi connectivity index (χ0v) is 9.40. The van der Waals surface area contributed by atoms with E-state index in [1.807, 2.05) is 0 Å². The molecule has 14 heavy (non-hydrogen) atoms. The molecule has 0 saturated heterocycles. The van der Waals surface area contributed by atoms with Gasteiger partial charge in [-0.15, -0.1) is 0 Å². The van der Waals surface area contributed by atoms with Crippen LogP contribution in [0.2, 0.25) is 0 Å². The lowest BCUT2D eigenvalue weighted by atomic mass is 10.1. The number of aliphatic hydroxyl groups excluding tert-OH is 1. The fourth-order valence-corrected chi connectivity index (χ4v) is 1.52. The molecule has 0 aliphatic rings. The van der Waals surface area contributed by atoms with Crippen molar-refractivity contribution in [3.63, 3.8) is 0 Å². The van der Waals surface area contributed by atoms with E-state index in [-0.39, 0.29) is 12.4 Å². The fraction of sp³-hybridized carbons (Fsp3) is 0.375. The monoisotopic (exact) mass is 232 g/mol. The van der Waals surface area contributed by atoms with Crippen LogP contribution >= 0.6 is 22.6 Å². The van der Waals surface area contributed by atoms with E-state index in [9.17, 15) is 5.11 Å². The summed E-state index contributed by atoms with van der Waals surface area (Å²) in [6.07, 6.45) is 1.56. The Morgan fingerprint density at radius 2 is 2.36 bits per heavy atom. The third-order valence-electron chi connectivity index (χ3n) is 1.91. The van der Waals surface area contributed by atoms with Gasteiger partial charge in [0.05, 0.1) is 12.3 Å². The van der Waals surface area contributed by atoms with Crippen molar-refractivity contribution in [3.05, 3.63) is 23.0 Å². The van der Waals surface area contributed by atoms with Crippen LogP contribution in [0.4, 0.5) is 0 Å². The summed E-state index contributed by atoms with van der Waals surface area (Å²) >= 11 is 3.92. The Labute approximate surface area is 91.7 Å². The first-order chi connectivity index (χ1) is 6.70. The van der Waals surface area contributed by atoms with Gasteiger partial charge in [0, 0.05) is 23.9 Å². The molecule has 0 aliphatic carbocycles. The zero-order chi connectivity index (χ0) is 10.6. The summed E-state index contributed by atoms with van der Waals surface area (Å²) in [7, 11) is 1.16. The smallest absolute Gasteiger partial charge is 0.141 e. The lowest BCUT2D eigenvalue weighted by Crippen LogP contribution is -2.06. The van der Waals surface area contributed by atoms with Crippen LogP contribution in [0, 0.1) is 6.92 Å². The molecule has 3 N–H and O–H groups in total. The van der Waals surface area contributed by atoms with Crippen molar-refractivity contribution in [3.8, 4) is 5.75 Å². The standard InChI is InChI=1S/C8H12N2O2S2/c1-5-8(12)7(3-10-14-13)6(4-11)2-9-5/h2,10-13H,3-4H2,1H3. The van der Waals surface area contributed by atoms with E-state index in [4.69, 9.17) is 5.11 Å². The minimum Gasteiger partial charge on any atom is -0.506 e. The van der Waals surface area contributed by atoms with Crippen molar-refractivity contribution in [2.75, 3.05) is 0 Å². The van der Waals surface area contributed by atoms with Gasteiger partial charge >= 0.3 is 0 Å². The fourth-order valence-electron chi connectivity index (χ4n) is 1.12. The molecule has 0 unspecified atom stereocenters. The van der Waals surface area contributed by atoms with Gasteiger partial charge in [0.15, 0.2) is 0 Å². The molecule has 0 spiro atoms. The lowest BCUT2D eigenvalue weighted by Gasteiger charge is -2.10. The highest BCUT2D eigenvalue weighted by Crippen LogP contribution is 2.24. The molecule has 1 aromatic heterocycles. The summed E-state index contributed by atoms with van der Waals surface area (Å²) in [5, 5.41) is 18.7. The second-order valence-electron chi connectivity index (χ2n) is 2.77. The van der Waals surface area contributed by atoms with Gasteiger partial charge in [-0.3, -0.25) is 9.71 Å². The van der Waals surface area contributed by atoms with Gasteiger partial charge in [0.1, 0.15) is 5.75 Å². The molecule has 0 bridgehead atoms. The minimum atomic E-state index is -0.130. The molecule has 0 saturated carbocycles. The van der Waals surface area contributed by atoms with E-state index in [1.54, 1.807) is 13.1 Å². The van der Waals surface area contributed by atoms with Crippen LogP contribution in [-0.4, -0.2) is 15.2 Å². The van der Waals surface area contributed by atoms with Gasteiger partial charge in [-0.05, 0) is 17.9 Å². The number of aliphatic hydroxyl groups is 1. The molecule has 0 radical (unpaired) electrons. The lowest BCUT2D eigenvalue weighted by molar-refractivity contribution is 0.279. The van der Waals surface area contributed by atoms with Crippen molar-refractivity contribution in [1.82, 2.24) is 9.71 Å². The number of hydrogen-bond acceptors (Lipinski definition) is 6. The molecule has 1 heterocycles. The Kier molecular flexibility index (Phi) is 4.53. The summed E-state index contributed by atoms with van der Waals surface area (Å²) in [5.41, 5.74) is 1.85. The molecule has 1 rings (SSSR count). The molecule has 0 aliphatic heterocycles. The van der Waals surface area contributed by atoms with Crippen molar-refractivity contribution in [1.29, 1.82) is 0 Å². The van der Waals surface area contributed by atoms with Crippen molar-refractivity contribution < 1.29 is 10.2 Å². The number of rotatable bonds is 4. The van der Waals surface area contributed by atoms with Crippen LogP contribution in [0.5, 0.6) is 5.75 Å². The largest absolute Gasteiger partial charge is 0.506 e. The highest BCUT2D eigenvalue weighted by molar-refractivity contribution is 8.67. The Hall–Kier alpha value is -0.430. The van der Waals surface area contributed by atoms with E-state index >= 15 is 0 Å². The molecule has 0 aromatic carbocycles. The van der Waals surface area contributed by atoms with Crippen molar-refractivity contribution in [2.45, 2.75) is 20.1 Å². The molecular formula is C8H12N2O2S2. The van der Waals surface area contributed by atoms with Gasteiger partial charge in [-0.25, -0.2) is 0 Å². The van der Waals surface area contributed by atoms with E-state index < -0.39 is 0 Å². The molecule has 6 heteroatoms. The Balaban J connectivity index is 3.01. The average molecular weight is 232 g/mol. The summed E-state index contributed by atoms with van der Waals surface area (Å²) in [5.74, 6) is 0.131. The molecular weight excluding hydrogens is 220 g/mol. The zero-order valence-electron chi connectivity index (χ0n) is 7.69. The van der Waals surface area contributed by atoms with Gasteiger partial charge < -0.3 is 10.2 Å². The maximum Gasteiger partial charge on any atom is 0.141 e. The summed E-state index contributed by atoms with van der Waals surface area (Å²) in [6.45, 7) is 2.03. The van der Waals surface area contributed by atoms with E-state index in [1.165, 1.54) is 0 Å². The van der Waals surface area contributed by atoms with E-state index in [0.29, 0.717) is 23.4 Å². The number of aryl methyl sites for hydroxylation is 1. The highest BCUT2D eigenvalue weighted by Gasteiger charge is 2.10. The second-order valence-corrected chi connectivity index (χ2v) is 3.79. The predicted octanol–water partition coefficient (Wildman–Crippen LogP) is 1.17. The Morgan fingerprint density at radius 3 is 2.93 bits per heavy atom. The van der Waals surface area contributed by atoms with Crippen LogP contribution in [-0.2, 0) is 13.2 Å². The van der Waals surface area contributed by atoms with Gasteiger partial charge in [0.25, 0.3) is 0 Å². The number of aromatic hydroxyl groups is 1. The van der Waals surface area contributed by atoms with Gasteiger partial charge in [0.2, 0.25) is 0 Å². The number of aromatic nitrogens is 1. The normalized spacial score (nSPS) is 10.5. The van der Waals surface area contributed by atoms with Gasteiger partial charge in [-0.1, -0.05) is 11.7 Å². The first-order valence-electron chi connectivity index (χ1n) is 4.01. The number of nitrogens with zero attached hydrogens (tertiary/aromatic N) is 1. The average Bonchev–Trinajstić information content (AvgIpc) is 2.20. The topological polar surface area (TPSA) is 65.4 Å². The first-order valence-corrected chi connectivity index (χ1v) is 5.88. The van der Waals surface area contributed by atoms with E-state index in [2.05, 4.69) is 21.4 Å². The summed E-state index contributed by atoms with van der Waals surface area (Å²) < 4.78 is 2.89. The Morgan fingerprint density at radius 1 is 1.64 bits per heavy atom. The number of nitrogens with one attached hydrogen (secondary N) is 1. The van der Waals surface area contributed by atoms with Crippen molar-refractivity contribution >= 4 is 22.6 Å². The number of hydrogen-bond donors (Lipinski definition) is 4. The maximum absolute atomic E-state index is 9.69. The quantitative estimate of drug-likeness (QED) is 0.356. The van der Waals surface area contributed by atoms with E-state index in [0.717, 1.165) is 11.0 Å². The van der Waals surface area contributed by atoms with Crippen LogP contribution in [0.1, 0.15) is 16.8 Å². The number of pyridine rings is 1. The Bertz CT molecular complexity index is 320.